The SMILES string of the molecule is C[SeH].Cc1ccc(-c2cc(C#N)nn2-c2ccc(S(N)(=O)=O)cc2)cc1. The quantitative estimate of drug-likeness (QED) is 0.641. The minimum Gasteiger partial charge on any atom is -0.232 e. The van der Waals surface area contributed by atoms with Crippen LogP contribution in [0.3, 0.4) is 0 Å². The van der Waals surface area contributed by atoms with E-state index >= 15 is 0 Å². The molecule has 0 saturated heterocycles. The van der Waals surface area contributed by atoms with Crippen LogP contribution < -0.4 is 5.14 Å². The van der Waals surface area contributed by atoms with E-state index in [1.807, 2.05) is 43.1 Å². The van der Waals surface area contributed by atoms with Gasteiger partial charge in [-0.25, -0.2) is 18.2 Å². The van der Waals surface area contributed by atoms with Gasteiger partial charge in [0.2, 0.25) is 10.0 Å². The molecular weight excluding hydrogens is 415 g/mol. The maximum absolute atomic E-state index is 11.4. The fourth-order valence-corrected chi connectivity index (χ4v) is 2.85. The number of benzene rings is 2. The molecular formula is C18H18N4O2SSe. The molecule has 6 nitrogen and oxygen atoms in total. The third kappa shape index (κ3) is 4.39. The Labute approximate surface area is 161 Å². The molecule has 3 aromatic rings. The zero-order chi connectivity index (χ0) is 19.3. The number of sulfonamides is 1. The second kappa shape index (κ2) is 8.30. The van der Waals surface area contributed by atoms with Crippen LogP contribution in [-0.4, -0.2) is 34.2 Å². The molecule has 0 fully saturated rings. The molecule has 2 aromatic carbocycles. The van der Waals surface area contributed by atoms with Gasteiger partial charge in [0.15, 0.2) is 5.69 Å². The number of aryl methyl sites for hydroxylation is 1. The zero-order valence-electron chi connectivity index (χ0n) is 14.3. The average molecular weight is 433 g/mol. The molecule has 0 aliphatic heterocycles. The molecule has 0 spiro atoms. The fourth-order valence-electron chi connectivity index (χ4n) is 2.34. The monoisotopic (exact) mass is 434 g/mol. The summed E-state index contributed by atoms with van der Waals surface area (Å²) in [6, 6.07) is 17.6. The normalized spacial score (nSPS) is 10.6. The Balaban J connectivity index is 0.00000117. The summed E-state index contributed by atoms with van der Waals surface area (Å²) >= 11 is 2.31. The molecule has 26 heavy (non-hydrogen) atoms. The van der Waals surface area contributed by atoms with Crippen LogP contribution in [0.25, 0.3) is 16.9 Å². The Kier molecular flexibility index (Phi) is 6.35. The van der Waals surface area contributed by atoms with Gasteiger partial charge < -0.3 is 0 Å². The molecule has 1 aromatic heterocycles. The van der Waals surface area contributed by atoms with Gasteiger partial charge in [0.25, 0.3) is 0 Å². The minimum atomic E-state index is -3.75. The van der Waals surface area contributed by atoms with Gasteiger partial charge in [0.05, 0.1) is 16.3 Å². The van der Waals surface area contributed by atoms with E-state index in [-0.39, 0.29) is 10.6 Å². The van der Waals surface area contributed by atoms with E-state index in [0.29, 0.717) is 5.69 Å². The molecule has 0 aliphatic rings. The molecule has 134 valence electrons. The molecule has 1 heterocycles. The van der Waals surface area contributed by atoms with Crippen LogP contribution in [0.15, 0.2) is 59.5 Å². The van der Waals surface area contributed by atoms with Gasteiger partial charge in [-0.15, -0.1) is 0 Å². The molecule has 0 saturated carbocycles. The largest absolute Gasteiger partial charge is 0.238 e. The summed E-state index contributed by atoms with van der Waals surface area (Å²) in [6.45, 7) is 1.99. The van der Waals surface area contributed by atoms with E-state index in [0.717, 1.165) is 16.8 Å². The van der Waals surface area contributed by atoms with Crippen molar-refractivity contribution >= 4 is 26.0 Å². The zero-order valence-corrected chi connectivity index (χ0v) is 17.0. The molecule has 0 amide bonds. The van der Waals surface area contributed by atoms with Crippen molar-refractivity contribution in [2.45, 2.75) is 17.6 Å². The van der Waals surface area contributed by atoms with E-state index in [1.165, 1.54) is 12.1 Å². The predicted molar refractivity (Wildman–Crippen MR) is 103 cm³/mol. The molecule has 8 heteroatoms. The van der Waals surface area contributed by atoms with Gasteiger partial charge in [-0.1, -0.05) is 29.8 Å². The Hall–Kier alpha value is -2.43. The van der Waals surface area contributed by atoms with Crippen molar-refractivity contribution in [2.24, 2.45) is 5.14 Å². The summed E-state index contributed by atoms with van der Waals surface area (Å²) in [7, 11) is -3.75. The molecule has 0 unspecified atom stereocenters. The smallest absolute Gasteiger partial charge is 0.232 e. The van der Waals surface area contributed by atoms with Gasteiger partial charge in [-0.3, -0.25) is 0 Å². The van der Waals surface area contributed by atoms with Crippen molar-refractivity contribution in [3.05, 3.63) is 65.9 Å². The summed E-state index contributed by atoms with van der Waals surface area (Å²) < 4.78 is 24.3. The molecule has 0 bridgehead atoms. The van der Waals surface area contributed by atoms with Crippen LogP contribution in [0.4, 0.5) is 0 Å². The maximum atomic E-state index is 11.4. The standard InChI is InChI=1S/C17H14N4O2S.CH4Se/c1-12-2-4-13(5-3-12)17-10-14(11-18)20-21(17)15-6-8-16(9-7-15)24(19,22)23;1-2/h2-10H,1H3,(H2,19,22,23);2H,1H3. The molecule has 0 radical (unpaired) electrons. The van der Waals surface area contributed by atoms with Crippen LogP contribution in [-0.2, 0) is 10.0 Å². The Morgan fingerprint density at radius 3 is 2.15 bits per heavy atom. The van der Waals surface area contributed by atoms with Crippen molar-refractivity contribution in [1.29, 1.82) is 5.26 Å². The second-order valence-electron chi connectivity index (χ2n) is 5.34. The topological polar surface area (TPSA) is 102 Å². The summed E-state index contributed by atoms with van der Waals surface area (Å²) in [5.41, 5.74) is 3.70. The fraction of sp³-hybridized carbons (Fsp3) is 0.111. The third-order valence-corrected chi connectivity index (χ3v) is 4.51. The number of primary sulfonamides is 1. The van der Waals surface area contributed by atoms with E-state index in [1.54, 1.807) is 22.9 Å². The Morgan fingerprint density at radius 1 is 1.08 bits per heavy atom. The minimum absolute atomic E-state index is 0.0239. The van der Waals surface area contributed by atoms with Gasteiger partial charge >= 0.3 is 21.8 Å². The van der Waals surface area contributed by atoms with E-state index < -0.39 is 10.0 Å². The number of nitrogens with zero attached hydrogens (tertiary/aromatic N) is 3. The van der Waals surface area contributed by atoms with E-state index in [9.17, 15) is 8.42 Å². The van der Waals surface area contributed by atoms with Crippen molar-refractivity contribution < 1.29 is 8.42 Å². The first-order valence-electron chi connectivity index (χ1n) is 7.53. The van der Waals surface area contributed by atoms with Crippen molar-refractivity contribution in [3.8, 4) is 23.0 Å². The number of nitrogens with two attached hydrogens (primary N) is 1. The van der Waals surface area contributed by atoms with Crippen LogP contribution in [0, 0.1) is 18.3 Å². The summed E-state index contributed by atoms with van der Waals surface area (Å²) in [5.74, 6) is 1.94. The van der Waals surface area contributed by atoms with Gasteiger partial charge in [0, 0.05) is 11.6 Å². The summed E-state index contributed by atoms with van der Waals surface area (Å²) in [6.07, 6.45) is 0. The number of nitriles is 1. The second-order valence-corrected chi connectivity index (χ2v) is 6.90. The first-order chi connectivity index (χ1) is 12.4. The Bertz CT molecular complexity index is 1030. The van der Waals surface area contributed by atoms with Crippen molar-refractivity contribution in [1.82, 2.24) is 9.78 Å². The van der Waals surface area contributed by atoms with E-state index in [2.05, 4.69) is 21.1 Å². The van der Waals surface area contributed by atoms with Crippen molar-refractivity contribution in [2.75, 3.05) is 0 Å². The van der Waals surface area contributed by atoms with Crippen LogP contribution in [0.2, 0.25) is 5.82 Å². The summed E-state index contributed by atoms with van der Waals surface area (Å²) in [5, 5.41) is 18.5. The number of hydrogen-bond donors (Lipinski definition) is 1. The van der Waals surface area contributed by atoms with E-state index in [4.69, 9.17) is 10.4 Å². The summed E-state index contributed by atoms with van der Waals surface area (Å²) in [4.78, 5) is 0.0239. The van der Waals surface area contributed by atoms with Gasteiger partial charge in [0.1, 0.15) is 6.07 Å². The molecule has 2 N–H and O–H groups in total. The molecule has 3 rings (SSSR count). The number of aromatic nitrogens is 2. The number of rotatable bonds is 3. The van der Waals surface area contributed by atoms with Crippen LogP contribution >= 0.6 is 0 Å². The predicted octanol–water partition coefficient (Wildman–Crippen LogP) is 2.30. The van der Waals surface area contributed by atoms with Crippen molar-refractivity contribution in [3.63, 3.8) is 0 Å². The molecule has 0 aliphatic carbocycles. The van der Waals surface area contributed by atoms with Crippen LogP contribution in [0.5, 0.6) is 0 Å². The first-order valence-corrected chi connectivity index (χ1v) is 11.0. The first kappa shape index (κ1) is 19.9. The number of hydrogen-bond acceptors (Lipinski definition) is 4. The molecule has 0 atom stereocenters. The third-order valence-electron chi connectivity index (χ3n) is 3.58. The van der Waals surface area contributed by atoms with Gasteiger partial charge in [-0.2, -0.15) is 10.4 Å². The maximum Gasteiger partial charge on any atom is 0.238 e. The van der Waals surface area contributed by atoms with Gasteiger partial charge in [-0.05, 0) is 31.2 Å². The Morgan fingerprint density at radius 2 is 1.65 bits per heavy atom. The van der Waals surface area contributed by atoms with Crippen LogP contribution in [0.1, 0.15) is 11.3 Å². The average Bonchev–Trinajstić information content (AvgIpc) is 3.08.